The summed E-state index contributed by atoms with van der Waals surface area (Å²) in [6.07, 6.45) is 29.1. The minimum atomic E-state index is -0.741. The van der Waals surface area contributed by atoms with E-state index in [1.54, 1.807) is 16.7 Å². The van der Waals surface area contributed by atoms with Crippen molar-refractivity contribution in [3.05, 3.63) is 370 Å². The summed E-state index contributed by atoms with van der Waals surface area (Å²) in [5.74, 6) is 0. The third kappa shape index (κ3) is 11.0. The van der Waals surface area contributed by atoms with Gasteiger partial charge in [0.05, 0.1) is 21.9 Å². The molecule has 18 aromatic rings. The summed E-state index contributed by atoms with van der Waals surface area (Å²) in [5, 5.41) is 7.34. The normalized spacial score (nSPS) is 14.7. The van der Waals surface area contributed by atoms with Gasteiger partial charge in [-0.2, -0.15) is 0 Å². The Hall–Kier alpha value is -12.5. The number of furan rings is 2. The average molecular weight is 1640 g/mol. The first-order chi connectivity index (χ1) is 62.4. The SMILES string of the molecule is CCCCCCCC1(CCCCCCC)c2ccccc2-c2c1c1c(c3c2oc2ccccc23)-c2ccc(N(c3ccc4c(c3)C3(c5ccccc5-c5ccccc53)c3cc5c(cc3-4)C3(c4ccccc4-c4ccccc43)c3ccc4oc6ccccc6c4c3-5)c3ccc4c(c3)c3ccccc3n4-c3ccccc3)cc2C1(CCCCCCC)CCCCCCC. The van der Waals surface area contributed by atoms with E-state index in [9.17, 15) is 0 Å². The lowest BCUT2D eigenvalue weighted by atomic mass is 9.62. The van der Waals surface area contributed by atoms with Gasteiger partial charge < -0.3 is 18.3 Å². The second-order valence-corrected chi connectivity index (χ2v) is 37.9. The predicted molar refractivity (Wildman–Crippen MR) is 529 cm³/mol. The van der Waals surface area contributed by atoms with E-state index in [-0.39, 0.29) is 10.8 Å². The Labute approximate surface area is 742 Å². The molecule has 3 heterocycles. The number of aromatic nitrogens is 1. The summed E-state index contributed by atoms with van der Waals surface area (Å²) in [6.45, 7) is 9.53. The minimum Gasteiger partial charge on any atom is -0.456 e. The minimum absolute atomic E-state index is 0.214. The fourth-order valence-electron chi connectivity index (χ4n) is 26.1. The van der Waals surface area contributed by atoms with Gasteiger partial charge in [-0.3, -0.25) is 0 Å². The molecule has 126 heavy (non-hydrogen) atoms. The molecule has 0 amide bonds. The van der Waals surface area contributed by atoms with Gasteiger partial charge >= 0.3 is 0 Å². The van der Waals surface area contributed by atoms with Crippen molar-refractivity contribution in [1.82, 2.24) is 4.57 Å². The summed E-state index contributed by atoms with van der Waals surface area (Å²) in [4.78, 5) is 2.73. The molecule has 4 heteroatoms. The van der Waals surface area contributed by atoms with E-state index in [4.69, 9.17) is 8.83 Å². The Morgan fingerprint density at radius 2 is 0.651 bits per heavy atom. The molecule has 0 N–H and O–H groups in total. The summed E-state index contributed by atoms with van der Waals surface area (Å²) in [5.41, 5.74) is 41.8. The van der Waals surface area contributed by atoms with Crippen LogP contribution in [0.4, 0.5) is 17.1 Å². The maximum atomic E-state index is 7.74. The molecule has 24 rings (SSSR count). The molecule has 6 aliphatic carbocycles. The van der Waals surface area contributed by atoms with Gasteiger partial charge in [-0.1, -0.05) is 368 Å². The highest BCUT2D eigenvalue weighted by Gasteiger charge is 2.59. The molecule has 0 unspecified atom stereocenters. The molecule has 0 radical (unpaired) electrons. The highest BCUT2D eigenvalue weighted by molar-refractivity contribution is 6.22. The summed E-state index contributed by atoms with van der Waals surface area (Å²) < 4.78 is 17.2. The fourth-order valence-corrected chi connectivity index (χ4v) is 26.1. The van der Waals surface area contributed by atoms with Crippen LogP contribution in [0.15, 0.2) is 312 Å². The van der Waals surface area contributed by atoms with Gasteiger partial charge in [0.15, 0.2) is 0 Å². The molecule has 0 saturated carbocycles. The molecule has 4 nitrogen and oxygen atoms in total. The molecule has 0 atom stereocenters. The lowest BCUT2D eigenvalue weighted by molar-refractivity contribution is 0.369. The molecular formula is C122H110N2O2. The molecule has 3 aromatic heterocycles. The van der Waals surface area contributed by atoms with Gasteiger partial charge in [-0.05, 0) is 245 Å². The van der Waals surface area contributed by atoms with E-state index in [1.165, 1.54) is 276 Å². The first-order valence-corrected chi connectivity index (χ1v) is 48.2. The number of hydrogen-bond acceptors (Lipinski definition) is 3. The second-order valence-electron chi connectivity index (χ2n) is 37.9. The van der Waals surface area contributed by atoms with Gasteiger partial charge in [0.2, 0.25) is 0 Å². The van der Waals surface area contributed by atoms with Gasteiger partial charge in [-0.25, -0.2) is 0 Å². The highest BCUT2D eigenvalue weighted by Crippen LogP contribution is 2.72. The average Bonchev–Trinajstić information content (AvgIpc) is 1.48. The Morgan fingerprint density at radius 1 is 0.246 bits per heavy atom. The van der Waals surface area contributed by atoms with Crippen molar-refractivity contribution in [3.63, 3.8) is 0 Å². The van der Waals surface area contributed by atoms with E-state index in [2.05, 4.69) is 340 Å². The number of fused-ring (bicyclic) bond motifs is 39. The predicted octanol–water partition coefficient (Wildman–Crippen LogP) is 34.7. The fraction of sp³-hybridized carbons (Fsp3) is 0.262. The summed E-state index contributed by atoms with van der Waals surface area (Å²) in [7, 11) is 0. The summed E-state index contributed by atoms with van der Waals surface area (Å²) >= 11 is 0. The number of benzene rings is 15. The van der Waals surface area contributed by atoms with Crippen molar-refractivity contribution < 1.29 is 8.83 Å². The van der Waals surface area contributed by atoms with E-state index in [0.717, 1.165) is 83.3 Å². The highest BCUT2D eigenvalue weighted by atomic mass is 16.3. The molecule has 0 bridgehead atoms. The van der Waals surface area contributed by atoms with Crippen LogP contribution in [-0.4, -0.2) is 4.57 Å². The van der Waals surface area contributed by atoms with E-state index in [0.29, 0.717) is 0 Å². The van der Waals surface area contributed by atoms with Crippen LogP contribution < -0.4 is 4.90 Å². The standard InChI is InChI=1S/C122H110N2O2/c1-5-9-13-17-40-70-119(71-41-18-14-10-6-2)96-54-32-28-51-89(96)115-117(119)116-113(114-92-53-31-39-61-109(92)126-118(114)115)90-66-63-81(75-102(90)120(116,72-42-19-15-11-7-3)73-43-20-16-12-8-4)123(80-64-68-107-94(74-80)88-50-29-37-59-106(88)124(107)79-44-22-21-23-45-79)82-62-65-87-93-77-105-95(78-104(93)122(103(87)76-82)99-57-35-26-48-85(99)86-49-27-36-58-100(86)122)111-101(67-69-110-112(111)91-52-30-38-60-108(91)125-110)121(105)97-55-33-24-46-83(97)84-47-25-34-56-98(84)121/h21-39,44-69,74-78H,5-20,40-43,70-73H2,1-4H3. The maximum absolute atomic E-state index is 7.74. The molecule has 15 aromatic carbocycles. The monoisotopic (exact) mass is 1630 g/mol. The van der Waals surface area contributed by atoms with Crippen LogP contribution in [0.3, 0.4) is 0 Å². The summed E-state index contributed by atoms with van der Waals surface area (Å²) in [6, 6.07) is 119. The number of unbranched alkanes of at least 4 members (excludes halogenated alkanes) is 16. The van der Waals surface area contributed by atoms with E-state index in [1.807, 2.05) is 0 Å². The topological polar surface area (TPSA) is 34.5 Å². The van der Waals surface area contributed by atoms with Crippen molar-refractivity contribution in [2.75, 3.05) is 4.90 Å². The zero-order valence-electron chi connectivity index (χ0n) is 73.5. The first-order valence-electron chi connectivity index (χ1n) is 48.2. The van der Waals surface area contributed by atoms with Crippen LogP contribution in [0.2, 0.25) is 0 Å². The number of rotatable bonds is 28. The first kappa shape index (κ1) is 77.1. The third-order valence-electron chi connectivity index (χ3n) is 31.3. The van der Waals surface area contributed by atoms with Crippen LogP contribution in [0.25, 0.3) is 138 Å². The Bertz CT molecular complexity index is 7280. The molecule has 0 aliphatic heterocycles. The largest absolute Gasteiger partial charge is 0.456 e. The molecule has 0 saturated heterocycles. The van der Waals surface area contributed by atoms with Crippen molar-refractivity contribution in [2.24, 2.45) is 0 Å². The Balaban J connectivity index is 0.793. The van der Waals surface area contributed by atoms with Crippen LogP contribution in [-0.2, 0) is 21.7 Å². The molecule has 2 spiro atoms. The van der Waals surface area contributed by atoms with Crippen LogP contribution in [0, 0.1) is 0 Å². The van der Waals surface area contributed by atoms with Gasteiger partial charge in [0, 0.05) is 71.5 Å². The van der Waals surface area contributed by atoms with Crippen molar-refractivity contribution >= 4 is 82.7 Å². The zero-order chi connectivity index (χ0) is 84.0. The molecular weight excluding hydrogens is 1530 g/mol. The lowest BCUT2D eigenvalue weighted by Gasteiger charge is -2.40. The van der Waals surface area contributed by atoms with Crippen molar-refractivity contribution in [2.45, 2.75) is 203 Å². The van der Waals surface area contributed by atoms with Gasteiger partial charge in [0.25, 0.3) is 0 Å². The molecule has 0 fully saturated rings. The number of anilines is 3. The van der Waals surface area contributed by atoms with Gasteiger partial charge in [0.1, 0.15) is 22.3 Å². The van der Waals surface area contributed by atoms with Crippen molar-refractivity contribution in [1.29, 1.82) is 0 Å². The van der Waals surface area contributed by atoms with Crippen LogP contribution in [0.1, 0.15) is 249 Å². The van der Waals surface area contributed by atoms with Crippen LogP contribution >= 0.6 is 0 Å². The number of hydrogen-bond donors (Lipinski definition) is 0. The Kier molecular flexibility index (Phi) is 18.8. The zero-order valence-corrected chi connectivity index (χ0v) is 73.5. The smallest absolute Gasteiger partial charge is 0.144 e. The number of nitrogens with zero attached hydrogens (tertiary/aromatic N) is 2. The van der Waals surface area contributed by atoms with E-state index >= 15 is 0 Å². The lowest BCUT2D eigenvalue weighted by Crippen LogP contribution is -2.33. The molecule has 620 valence electrons. The van der Waals surface area contributed by atoms with Gasteiger partial charge in [-0.15, -0.1) is 0 Å². The second kappa shape index (κ2) is 30.7. The number of para-hydroxylation sites is 4. The Morgan fingerprint density at radius 3 is 1.24 bits per heavy atom. The van der Waals surface area contributed by atoms with E-state index < -0.39 is 10.8 Å². The maximum Gasteiger partial charge on any atom is 0.144 e. The quantitative estimate of drug-likeness (QED) is 0.0458. The molecule has 6 aliphatic rings. The van der Waals surface area contributed by atoms with Crippen molar-refractivity contribution in [3.8, 4) is 72.4 Å². The third-order valence-corrected chi connectivity index (χ3v) is 31.3. The van der Waals surface area contributed by atoms with Crippen LogP contribution in [0.5, 0.6) is 0 Å².